The Labute approximate surface area is 131 Å². The minimum absolute atomic E-state index is 0.00857. The summed E-state index contributed by atoms with van der Waals surface area (Å²) in [5.41, 5.74) is 5.73. The summed E-state index contributed by atoms with van der Waals surface area (Å²) < 4.78 is 40.3. The molecule has 0 amide bonds. The van der Waals surface area contributed by atoms with Gasteiger partial charge in [0.05, 0.1) is 5.69 Å². The number of nitrogens with two attached hydrogens (primary N) is 1. The molecule has 4 nitrogen and oxygen atoms in total. The fourth-order valence-electron chi connectivity index (χ4n) is 1.64. The largest absolute Gasteiger partial charge is 0.396 e. The lowest BCUT2D eigenvalue weighted by molar-refractivity contribution is 0.558. The molecule has 3 N–H and O–H groups in total. The van der Waals surface area contributed by atoms with Crippen molar-refractivity contribution in [3.63, 3.8) is 0 Å². The highest BCUT2D eigenvalue weighted by Gasteiger charge is 2.21. The number of rotatable bonds is 4. The number of benzene rings is 2. The Balaban J connectivity index is 2.25. The molecule has 8 heteroatoms. The highest BCUT2D eigenvalue weighted by molar-refractivity contribution is 7.89. The van der Waals surface area contributed by atoms with Gasteiger partial charge in [-0.3, -0.25) is 0 Å². The van der Waals surface area contributed by atoms with E-state index < -0.39 is 20.7 Å². The van der Waals surface area contributed by atoms with Crippen LogP contribution in [0.15, 0.2) is 41.3 Å². The number of nitrogens with one attached hydrogen (secondary N) is 1. The van der Waals surface area contributed by atoms with Crippen LogP contribution in [0.4, 0.5) is 10.1 Å². The number of anilines is 1. The molecule has 0 unspecified atom stereocenters. The van der Waals surface area contributed by atoms with E-state index in [-0.39, 0.29) is 17.3 Å². The monoisotopic (exact) mass is 348 g/mol. The van der Waals surface area contributed by atoms with Crippen LogP contribution in [0.5, 0.6) is 0 Å². The van der Waals surface area contributed by atoms with Crippen molar-refractivity contribution in [1.29, 1.82) is 0 Å². The molecule has 0 fully saturated rings. The SMILES string of the molecule is Nc1cc(Cl)cc(S(=O)(=O)NCc2ccc(Cl)cc2)c1F. The van der Waals surface area contributed by atoms with Crippen molar-refractivity contribution in [3.05, 3.63) is 57.8 Å². The fourth-order valence-corrected chi connectivity index (χ4v) is 3.20. The van der Waals surface area contributed by atoms with Crippen molar-refractivity contribution in [2.45, 2.75) is 11.4 Å². The topological polar surface area (TPSA) is 72.2 Å². The van der Waals surface area contributed by atoms with Gasteiger partial charge in [-0.15, -0.1) is 0 Å². The first-order valence-corrected chi connectivity index (χ1v) is 8.02. The molecule has 0 heterocycles. The van der Waals surface area contributed by atoms with E-state index in [0.717, 1.165) is 12.1 Å². The minimum Gasteiger partial charge on any atom is -0.396 e. The molecule has 112 valence electrons. The second-order valence-corrected chi connectivity index (χ2v) is 6.87. The average Bonchev–Trinajstić information content (AvgIpc) is 2.42. The molecule has 2 aromatic carbocycles. The van der Waals surface area contributed by atoms with Crippen molar-refractivity contribution in [3.8, 4) is 0 Å². The molecule has 2 aromatic rings. The normalized spacial score (nSPS) is 11.6. The van der Waals surface area contributed by atoms with Gasteiger partial charge in [-0.25, -0.2) is 17.5 Å². The Hall–Kier alpha value is -1.34. The van der Waals surface area contributed by atoms with Gasteiger partial charge in [0.25, 0.3) is 0 Å². The van der Waals surface area contributed by atoms with Gasteiger partial charge in [-0.1, -0.05) is 35.3 Å². The summed E-state index contributed by atoms with van der Waals surface area (Å²) in [7, 11) is -4.07. The van der Waals surface area contributed by atoms with Gasteiger partial charge >= 0.3 is 0 Å². The van der Waals surface area contributed by atoms with Crippen LogP contribution in [0.25, 0.3) is 0 Å². The first kappa shape index (κ1) is 16.0. The predicted octanol–water partition coefficient (Wildman–Crippen LogP) is 3.19. The Bertz CT molecular complexity index is 764. The van der Waals surface area contributed by atoms with E-state index in [1.54, 1.807) is 24.3 Å². The van der Waals surface area contributed by atoms with Crippen molar-refractivity contribution in [1.82, 2.24) is 4.72 Å². The maximum Gasteiger partial charge on any atom is 0.243 e. The van der Waals surface area contributed by atoms with Crippen LogP contribution in [0.2, 0.25) is 10.0 Å². The standard InChI is InChI=1S/C13H11Cl2FN2O2S/c14-9-3-1-8(2-4-9)7-18-21(19,20)12-6-10(15)5-11(17)13(12)16/h1-6,18H,7,17H2. The van der Waals surface area contributed by atoms with E-state index in [2.05, 4.69) is 4.72 Å². The summed E-state index contributed by atoms with van der Waals surface area (Å²) in [5.74, 6) is -1.02. The highest BCUT2D eigenvalue weighted by Crippen LogP contribution is 2.25. The van der Waals surface area contributed by atoms with Gasteiger partial charge in [-0.2, -0.15) is 0 Å². The highest BCUT2D eigenvalue weighted by atomic mass is 35.5. The maximum atomic E-state index is 13.8. The van der Waals surface area contributed by atoms with Crippen molar-refractivity contribution < 1.29 is 12.8 Å². The molecule has 0 bridgehead atoms. The van der Waals surface area contributed by atoms with Gasteiger partial charge in [0.2, 0.25) is 10.0 Å². The Morgan fingerprint density at radius 2 is 1.71 bits per heavy atom. The Kier molecular flexibility index (Phi) is 4.73. The number of hydrogen-bond donors (Lipinski definition) is 2. The molecule has 0 aromatic heterocycles. The summed E-state index contributed by atoms with van der Waals surface area (Å²) in [6.07, 6.45) is 0. The molecule has 0 aliphatic heterocycles. The lowest BCUT2D eigenvalue weighted by Gasteiger charge is -2.09. The Morgan fingerprint density at radius 3 is 2.33 bits per heavy atom. The molecule has 2 rings (SSSR count). The van der Waals surface area contributed by atoms with E-state index in [9.17, 15) is 12.8 Å². The molecule has 0 saturated heterocycles. The zero-order chi connectivity index (χ0) is 15.6. The summed E-state index contributed by atoms with van der Waals surface area (Å²) >= 11 is 11.4. The van der Waals surface area contributed by atoms with Gasteiger partial charge in [0, 0.05) is 16.6 Å². The minimum atomic E-state index is -4.07. The molecule has 0 saturated carbocycles. The Morgan fingerprint density at radius 1 is 1.10 bits per heavy atom. The first-order valence-electron chi connectivity index (χ1n) is 5.78. The van der Waals surface area contributed by atoms with Crippen molar-refractivity contribution >= 4 is 38.9 Å². The molecule has 21 heavy (non-hydrogen) atoms. The molecule has 0 radical (unpaired) electrons. The molecule has 0 atom stereocenters. The smallest absolute Gasteiger partial charge is 0.243 e. The summed E-state index contributed by atoms with van der Waals surface area (Å²) in [5, 5.41) is 0.580. The third-order valence-electron chi connectivity index (χ3n) is 2.70. The lowest BCUT2D eigenvalue weighted by atomic mass is 10.2. The first-order chi connectivity index (χ1) is 9.79. The van der Waals surface area contributed by atoms with Gasteiger partial charge < -0.3 is 5.73 Å². The van der Waals surface area contributed by atoms with Crippen molar-refractivity contribution in [2.24, 2.45) is 0 Å². The van der Waals surface area contributed by atoms with Crippen molar-refractivity contribution in [2.75, 3.05) is 5.73 Å². The number of hydrogen-bond acceptors (Lipinski definition) is 3. The summed E-state index contributed by atoms with van der Waals surface area (Å²) in [6.45, 7) is -0.00857. The second kappa shape index (κ2) is 6.19. The number of sulfonamides is 1. The van der Waals surface area contributed by atoms with Crippen LogP contribution in [-0.2, 0) is 16.6 Å². The molecule has 0 aliphatic rings. The van der Waals surface area contributed by atoms with Gasteiger partial charge in [-0.05, 0) is 29.8 Å². The van der Waals surface area contributed by atoms with Gasteiger partial charge in [0.1, 0.15) is 4.90 Å². The quantitative estimate of drug-likeness (QED) is 0.833. The third kappa shape index (κ3) is 3.85. The maximum absolute atomic E-state index is 13.8. The zero-order valence-electron chi connectivity index (χ0n) is 10.6. The number of nitrogen functional groups attached to an aromatic ring is 1. The number of halogens is 3. The second-order valence-electron chi connectivity index (χ2n) is 4.26. The fraction of sp³-hybridized carbons (Fsp3) is 0.0769. The van der Waals surface area contributed by atoms with E-state index in [1.165, 1.54) is 0 Å². The molecule has 0 spiro atoms. The van der Waals surface area contributed by atoms with Crippen LogP contribution in [0, 0.1) is 5.82 Å². The zero-order valence-corrected chi connectivity index (χ0v) is 12.9. The summed E-state index contributed by atoms with van der Waals surface area (Å²) in [6, 6.07) is 8.74. The van der Waals surface area contributed by atoms with Crippen LogP contribution < -0.4 is 10.5 Å². The predicted molar refractivity (Wildman–Crippen MR) is 81.3 cm³/mol. The van der Waals surface area contributed by atoms with Gasteiger partial charge in [0.15, 0.2) is 5.82 Å². The van der Waals surface area contributed by atoms with Crippen LogP contribution in [0.1, 0.15) is 5.56 Å². The van der Waals surface area contributed by atoms with E-state index >= 15 is 0 Å². The average molecular weight is 349 g/mol. The van der Waals surface area contributed by atoms with E-state index in [1.807, 2.05) is 0 Å². The third-order valence-corrected chi connectivity index (χ3v) is 4.57. The van der Waals surface area contributed by atoms with Crippen LogP contribution >= 0.6 is 23.2 Å². The molecular weight excluding hydrogens is 338 g/mol. The lowest BCUT2D eigenvalue weighted by Crippen LogP contribution is -2.24. The summed E-state index contributed by atoms with van der Waals surface area (Å²) in [4.78, 5) is -0.582. The van der Waals surface area contributed by atoms with E-state index in [0.29, 0.717) is 10.6 Å². The van der Waals surface area contributed by atoms with Crippen LogP contribution in [0.3, 0.4) is 0 Å². The van der Waals surface area contributed by atoms with Crippen LogP contribution in [-0.4, -0.2) is 8.42 Å². The molecular formula is C13H11Cl2FN2O2S. The van der Waals surface area contributed by atoms with E-state index in [4.69, 9.17) is 28.9 Å². The molecule has 0 aliphatic carbocycles.